The molecule has 7 nitrogen and oxygen atoms in total. The molecule has 1 aliphatic heterocycles. The Labute approximate surface area is 197 Å². The second kappa shape index (κ2) is 10.3. The maximum atomic E-state index is 9.92. The van der Waals surface area contributed by atoms with Crippen LogP contribution in [0, 0.1) is 6.92 Å². The molecule has 3 heterocycles. The summed E-state index contributed by atoms with van der Waals surface area (Å²) >= 11 is 0. The summed E-state index contributed by atoms with van der Waals surface area (Å²) in [5.74, 6) is 2.08. The molecule has 3 fully saturated rings. The normalized spacial score (nSPS) is 25.3. The van der Waals surface area contributed by atoms with Crippen molar-refractivity contribution < 1.29 is 5.11 Å². The molecule has 0 amide bonds. The third-order valence-electron chi connectivity index (χ3n) is 7.82. The number of aliphatic hydroxyl groups excluding tert-OH is 1. The molecule has 178 valence electrons. The van der Waals surface area contributed by atoms with Crippen LogP contribution in [0.25, 0.3) is 0 Å². The number of nitrogens with zero attached hydrogens (tertiary/aromatic N) is 4. The standard InChI is InChI=1S/C26H38N6O/c1-18-16-21(10-13-27-18)30-26-28-17-24(25(31-26)29-20-6-8-23(33)9-7-20)19-11-14-32(15-12-19)22-4-2-3-5-22/h10,13,16-17,19-20,22-23,33H,2-9,11-12,14-15H2,1H3,(H2,27,28,29,30,31)/t20-,23-. The summed E-state index contributed by atoms with van der Waals surface area (Å²) in [6, 6.07) is 5.12. The molecular formula is C26H38N6O. The highest BCUT2D eigenvalue weighted by Gasteiger charge is 2.30. The van der Waals surface area contributed by atoms with Crippen molar-refractivity contribution in [3.8, 4) is 0 Å². The lowest BCUT2D eigenvalue weighted by molar-refractivity contribution is 0.126. The van der Waals surface area contributed by atoms with Gasteiger partial charge in [0.25, 0.3) is 0 Å². The Hall–Kier alpha value is -2.25. The first kappa shape index (κ1) is 22.5. The molecule has 0 unspecified atom stereocenters. The van der Waals surface area contributed by atoms with E-state index < -0.39 is 0 Å². The van der Waals surface area contributed by atoms with Gasteiger partial charge in [-0.1, -0.05) is 12.8 Å². The molecular weight excluding hydrogens is 412 g/mol. The van der Waals surface area contributed by atoms with E-state index in [1.807, 2.05) is 25.3 Å². The Morgan fingerprint density at radius 2 is 1.73 bits per heavy atom. The number of aromatic nitrogens is 3. The first-order valence-corrected chi connectivity index (χ1v) is 12.9. The average molecular weight is 451 g/mol. The largest absolute Gasteiger partial charge is 0.393 e. The van der Waals surface area contributed by atoms with Crippen LogP contribution >= 0.6 is 0 Å². The van der Waals surface area contributed by atoms with Crippen LogP contribution in [0.1, 0.15) is 81.4 Å². The predicted octanol–water partition coefficient (Wildman–Crippen LogP) is 4.76. The highest BCUT2D eigenvalue weighted by Crippen LogP contribution is 2.36. The van der Waals surface area contributed by atoms with Crippen LogP contribution in [0.15, 0.2) is 24.5 Å². The Kier molecular flexibility index (Phi) is 7.07. The van der Waals surface area contributed by atoms with Gasteiger partial charge in [-0.15, -0.1) is 0 Å². The minimum Gasteiger partial charge on any atom is -0.393 e. The van der Waals surface area contributed by atoms with Gasteiger partial charge in [0.2, 0.25) is 5.95 Å². The first-order chi connectivity index (χ1) is 16.1. The highest BCUT2D eigenvalue weighted by molar-refractivity contribution is 5.57. The lowest BCUT2D eigenvalue weighted by atomic mass is 9.88. The van der Waals surface area contributed by atoms with E-state index >= 15 is 0 Å². The number of hydrogen-bond donors (Lipinski definition) is 3. The topological polar surface area (TPSA) is 86.2 Å². The molecule has 5 rings (SSSR count). The van der Waals surface area contributed by atoms with Crippen molar-refractivity contribution >= 4 is 17.5 Å². The van der Waals surface area contributed by atoms with Crippen LogP contribution in [0.4, 0.5) is 17.5 Å². The molecule has 0 aromatic carbocycles. The highest BCUT2D eigenvalue weighted by atomic mass is 16.3. The third kappa shape index (κ3) is 5.64. The SMILES string of the molecule is Cc1cc(Nc2ncc(C3CCN(C4CCCC4)CC3)c(N[C@H]3CC[C@H](O)CC3)n2)ccn1. The smallest absolute Gasteiger partial charge is 0.229 e. The van der Waals surface area contributed by atoms with Crippen LogP contribution in [-0.2, 0) is 0 Å². The lowest BCUT2D eigenvalue weighted by Crippen LogP contribution is -2.39. The molecule has 3 N–H and O–H groups in total. The Morgan fingerprint density at radius 1 is 0.970 bits per heavy atom. The lowest BCUT2D eigenvalue weighted by Gasteiger charge is -2.36. The number of anilines is 3. The first-order valence-electron chi connectivity index (χ1n) is 12.9. The van der Waals surface area contributed by atoms with Gasteiger partial charge in [-0.2, -0.15) is 4.98 Å². The second-order valence-corrected chi connectivity index (χ2v) is 10.2. The number of aliphatic hydroxyl groups is 1. The monoisotopic (exact) mass is 450 g/mol. The molecule has 2 saturated carbocycles. The van der Waals surface area contributed by atoms with Crippen molar-refractivity contribution in [3.63, 3.8) is 0 Å². The molecule has 0 spiro atoms. The molecule has 0 atom stereocenters. The van der Waals surface area contributed by atoms with Gasteiger partial charge in [0.15, 0.2) is 0 Å². The molecule has 0 radical (unpaired) electrons. The van der Waals surface area contributed by atoms with E-state index in [2.05, 4.69) is 20.5 Å². The van der Waals surface area contributed by atoms with E-state index in [1.165, 1.54) is 57.2 Å². The van der Waals surface area contributed by atoms with Crippen molar-refractivity contribution in [2.24, 2.45) is 0 Å². The fourth-order valence-electron chi connectivity index (χ4n) is 5.88. The molecule has 2 aromatic heterocycles. The van der Waals surface area contributed by atoms with Crippen LogP contribution < -0.4 is 10.6 Å². The van der Waals surface area contributed by atoms with E-state index in [0.29, 0.717) is 17.9 Å². The van der Waals surface area contributed by atoms with Gasteiger partial charge in [0.1, 0.15) is 5.82 Å². The summed E-state index contributed by atoms with van der Waals surface area (Å²) < 4.78 is 0. The summed E-state index contributed by atoms with van der Waals surface area (Å²) in [5.41, 5.74) is 3.17. The number of hydrogen-bond acceptors (Lipinski definition) is 7. The molecule has 3 aliphatic rings. The zero-order valence-electron chi connectivity index (χ0n) is 19.8. The van der Waals surface area contributed by atoms with Crippen molar-refractivity contribution in [1.29, 1.82) is 0 Å². The summed E-state index contributed by atoms with van der Waals surface area (Å²) in [6.07, 6.45) is 15.3. The number of rotatable bonds is 6. The quantitative estimate of drug-likeness (QED) is 0.585. The summed E-state index contributed by atoms with van der Waals surface area (Å²) in [4.78, 5) is 16.7. The number of aryl methyl sites for hydroxylation is 1. The van der Waals surface area contributed by atoms with Crippen molar-refractivity contribution in [2.75, 3.05) is 23.7 Å². The number of pyridine rings is 1. The van der Waals surface area contributed by atoms with E-state index in [1.54, 1.807) is 6.20 Å². The van der Waals surface area contributed by atoms with E-state index in [4.69, 9.17) is 9.97 Å². The second-order valence-electron chi connectivity index (χ2n) is 10.2. The zero-order chi connectivity index (χ0) is 22.6. The van der Waals surface area contributed by atoms with E-state index in [9.17, 15) is 5.11 Å². The maximum absolute atomic E-state index is 9.92. The minimum atomic E-state index is -0.153. The number of piperidine rings is 1. The van der Waals surface area contributed by atoms with E-state index in [0.717, 1.165) is 48.9 Å². The van der Waals surface area contributed by atoms with Gasteiger partial charge in [0, 0.05) is 41.4 Å². The average Bonchev–Trinajstić information content (AvgIpc) is 3.36. The Bertz CT molecular complexity index is 915. The Balaban J connectivity index is 1.33. The molecule has 1 saturated heterocycles. The number of likely N-dealkylation sites (tertiary alicyclic amines) is 1. The fourth-order valence-corrected chi connectivity index (χ4v) is 5.88. The van der Waals surface area contributed by atoms with Gasteiger partial charge >= 0.3 is 0 Å². The predicted molar refractivity (Wildman–Crippen MR) is 132 cm³/mol. The Morgan fingerprint density at radius 3 is 2.45 bits per heavy atom. The van der Waals surface area contributed by atoms with Crippen LogP contribution in [-0.4, -0.2) is 56.2 Å². The van der Waals surface area contributed by atoms with Gasteiger partial charge in [0.05, 0.1) is 6.10 Å². The maximum Gasteiger partial charge on any atom is 0.229 e. The van der Waals surface area contributed by atoms with Gasteiger partial charge in [-0.05, 0) is 89.4 Å². The molecule has 33 heavy (non-hydrogen) atoms. The van der Waals surface area contributed by atoms with Crippen LogP contribution in [0.3, 0.4) is 0 Å². The minimum absolute atomic E-state index is 0.153. The van der Waals surface area contributed by atoms with Crippen molar-refractivity contribution in [2.45, 2.75) is 95.2 Å². The molecule has 2 aromatic rings. The van der Waals surface area contributed by atoms with E-state index in [-0.39, 0.29) is 6.10 Å². The van der Waals surface area contributed by atoms with Crippen LogP contribution in [0.5, 0.6) is 0 Å². The van der Waals surface area contributed by atoms with Crippen molar-refractivity contribution in [3.05, 3.63) is 35.8 Å². The molecule has 0 bridgehead atoms. The zero-order valence-corrected chi connectivity index (χ0v) is 19.8. The van der Waals surface area contributed by atoms with Crippen LogP contribution in [0.2, 0.25) is 0 Å². The van der Waals surface area contributed by atoms with Gasteiger partial charge in [-0.25, -0.2) is 4.98 Å². The summed E-state index contributed by atoms with van der Waals surface area (Å²) in [6.45, 7) is 4.35. The fraction of sp³-hybridized carbons (Fsp3) is 0.654. The summed E-state index contributed by atoms with van der Waals surface area (Å²) in [7, 11) is 0. The molecule has 2 aliphatic carbocycles. The van der Waals surface area contributed by atoms with Gasteiger partial charge in [-0.3, -0.25) is 4.98 Å². The third-order valence-corrected chi connectivity index (χ3v) is 7.82. The van der Waals surface area contributed by atoms with Gasteiger partial charge < -0.3 is 20.6 Å². The molecule has 7 heteroatoms. The summed E-state index contributed by atoms with van der Waals surface area (Å²) in [5, 5.41) is 17.0. The van der Waals surface area contributed by atoms with Crippen molar-refractivity contribution in [1.82, 2.24) is 19.9 Å². The number of nitrogens with one attached hydrogen (secondary N) is 2.